The number of likely N-dealkylation sites (N-methyl/N-ethyl adjacent to an activating group) is 1. The molecule has 1 atom stereocenters. The topological polar surface area (TPSA) is 12.0 Å². The predicted molar refractivity (Wildman–Crippen MR) is 85.8 cm³/mol. The highest BCUT2D eigenvalue weighted by atomic mass is 79.9. The summed E-state index contributed by atoms with van der Waals surface area (Å²) in [5.41, 5.74) is 3.28. The van der Waals surface area contributed by atoms with E-state index in [0.29, 0.717) is 6.42 Å². The molecule has 1 nitrogen and oxygen atoms in total. The number of nitrogens with one attached hydrogen (secondary N) is 1. The van der Waals surface area contributed by atoms with Gasteiger partial charge in [0.25, 0.3) is 0 Å². The summed E-state index contributed by atoms with van der Waals surface area (Å²) >= 11 is 9.25. The third kappa shape index (κ3) is 3.60. The Morgan fingerprint density at radius 3 is 2.60 bits per heavy atom. The van der Waals surface area contributed by atoms with Gasteiger partial charge in [-0.05, 0) is 55.3 Å². The Morgan fingerprint density at radius 2 is 2.00 bits per heavy atom. The zero-order valence-corrected chi connectivity index (χ0v) is 13.7. The van der Waals surface area contributed by atoms with Crippen LogP contribution in [0, 0.1) is 12.7 Å². The molecule has 0 amide bonds. The first kappa shape index (κ1) is 15.5. The van der Waals surface area contributed by atoms with Crippen molar-refractivity contribution in [2.45, 2.75) is 19.4 Å². The molecule has 4 heteroatoms. The molecule has 0 fully saturated rings. The van der Waals surface area contributed by atoms with Gasteiger partial charge in [0, 0.05) is 10.5 Å². The molecule has 0 aliphatic rings. The first-order valence-electron chi connectivity index (χ1n) is 6.38. The molecule has 0 bridgehead atoms. The zero-order chi connectivity index (χ0) is 14.7. The first-order valence-corrected chi connectivity index (χ1v) is 7.55. The standard InChI is InChI=1S/C16H16BrClFN/c1-10-3-5-12(9-13(10)17)16(20-2)8-11-4-6-14(18)15(19)7-11/h3-7,9,16,20H,8H2,1-2H3. The Balaban J connectivity index is 2.23. The summed E-state index contributed by atoms with van der Waals surface area (Å²) in [6.45, 7) is 2.05. The normalized spacial score (nSPS) is 12.4. The fourth-order valence-corrected chi connectivity index (χ4v) is 2.63. The summed E-state index contributed by atoms with van der Waals surface area (Å²) in [5.74, 6) is -0.371. The van der Waals surface area contributed by atoms with Crippen molar-refractivity contribution in [2.24, 2.45) is 0 Å². The van der Waals surface area contributed by atoms with Crippen LogP contribution in [0.1, 0.15) is 22.7 Å². The highest BCUT2D eigenvalue weighted by Gasteiger charge is 2.12. The minimum Gasteiger partial charge on any atom is -0.313 e. The van der Waals surface area contributed by atoms with Crippen LogP contribution in [-0.2, 0) is 6.42 Å². The third-order valence-corrected chi connectivity index (χ3v) is 4.53. The summed E-state index contributed by atoms with van der Waals surface area (Å²) in [6.07, 6.45) is 0.708. The second kappa shape index (κ2) is 6.70. The van der Waals surface area contributed by atoms with Gasteiger partial charge >= 0.3 is 0 Å². The summed E-state index contributed by atoms with van der Waals surface area (Å²) in [7, 11) is 1.91. The number of halogens is 3. The maximum absolute atomic E-state index is 13.5. The van der Waals surface area contributed by atoms with Crippen molar-refractivity contribution in [3.8, 4) is 0 Å². The molecule has 106 valence electrons. The third-order valence-electron chi connectivity index (χ3n) is 3.37. The average molecular weight is 357 g/mol. The lowest BCUT2D eigenvalue weighted by molar-refractivity contribution is 0.584. The minimum atomic E-state index is -0.371. The van der Waals surface area contributed by atoms with Crippen LogP contribution in [0.2, 0.25) is 5.02 Å². The van der Waals surface area contributed by atoms with Gasteiger partial charge in [-0.25, -0.2) is 4.39 Å². The largest absolute Gasteiger partial charge is 0.313 e. The van der Waals surface area contributed by atoms with Crippen molar-refractivity contribution in [1.82, 2.24) is 5.32 Å². The fourth-order valence-electron chi connectivity index (χ4n) is 2.11. The molecule has 2 aromatic carbocycles. The SMILES string of the molecule is CNC(Cc1ccc(Cl)c(F)c1)c1ccc(C)c(Br)c1. The maximum Gasteiger partial charge on any atom is 0.142 e. The summed E-state index contributed by atoms with van der Waals surface area (Å²) in [5, 5.41) is 3.43. The van der Waals surface area contributed by atoms with E-state index in [0.717, 1.165) is 10.0 Å². The molecular weight excluding hydrogens is 341 g/mol. The Bertz CT molecular complexity index is 615. The van der Waals surface area contributed by atoms with Gasteiger partial charge in [0.2, 0.25) is 0 Å². The number of hydrogen-bond acceptors (Lipinski definition) is 1. The fraction of sp³-hybridized carbons (Fsp3) is 0.250. The molecule has 1 N–H and O–H groups in total. The average Bonchev–Trinajstić information content (AvgIpc) is 2.43. The molecule has 0 aliphatic heterocycles. The number of benzene rings is 2. The van der Waals surface area contributed by atoms with Crippen molar-refractivity contribution in [3.05, 3.63) is 68.4 Å². The van der Waals surface area contributed by atoms with Gasteiger partial charge in [-0.3, -0.25) is 0 Å². The van der Waals surface area contributed by atoms with E-state index >= 15 is 0 Å². The second-order valence-electron chi connectivity index (χ2n) is 4.80. The lowest BCUT2D eigenvalue weighted by Crippen LogP contribution is -2.19. The van der Waals surface area contributed by atoms with Gasteiger partial charge in [0.1, 0.15) is 5.82 Å². The molecule has 1 unspecified atom stereocenters. The molecule has 0 heterocycles. The van der Waals surface area contributed by atoms with E-state index in [2.05, 4.69) is 46.4 Å². The highest BCUT2D eigenvalue weighted by Crippen LogP contribution is 2.25. The molecule has 2 aromatic rings. The van der Waals surface area contributed by atoms with E-state index in [1.165, 1.54) is 17.2 Å². The van der Waals surface area contributed by atoms with Crippen LogP contribution in [0.4, 0.5) is 4.39 Å². The van der Waals surface area contributed by atoms with Crippen LogP contribution < -0.4 is 5.32 Å². The highest BCUT2D eigenvalue weighted by molar-refractivity contribution is 9.10. The molecular formula is C16H16BrClFN. The molecule has 0 aromatic heterocycles. The van der Waals surface area contributed by atoms with Crippen molar-refractivity contribution < 1.29 is 4.39 Å². The van der Waals surface area contributed by atoms with Crippen molar-refractivity contribution in [2.75, 3.05) is 7.05 Å². The maximum atomic E-state index is 13.5. The van der Waals surface area contributed by atoms with Gasteiger partial charge in [-0.15, -0.1) is 0 Å². The first-order chi connectivity index (χ1) is 9.51. The van der Waals surface area contributed by atoms with Gasteiger partial charge in [0.15, 0.2) is 0 Å². The molecule has 0 saturated carbocycles. The predicted octanol–water partition coefficient (Wildman–Crippen LogP) is 5.05. The molecule has 2 rings (SSSR count). The van der Waals surface area contributed by atoms with E-state index in [1.807, 2.05) is 13.1 Å². The molecule has 0 saturated heterocycles. The summed E-state index contributed by atoms with van der Waals surface area (Å²) in [6, 6.07) is 11.4. The lowest BCUT2D eigenvalue weighted by Gasteiger charge is -2.18. The van der Waals surface area contributed by atoms with E-state index < -0.39 is 0 Å². The van der Waals surface area contributed by atoms with Gasteiger partial charge in [0.05, 0.1) is 5.02 Å². The van der Waals surface area contributed by atoms with Crippen LogP contribution in [0.25, 0.3) is 0 Å². The smallest absolute Gasteiger partial charge is 0.142 e. The monoisotopic (exact) mass is 355 g/mol. The Labute approximate surface area is 132 Å². The summed E-state index contributed by atoms with van der Waals surface area (Å²) < 4.78 is 14.6. The molecule has 0 radical (unpaired) electrons. The van der Waals surface area contributed by atoms with Crippen LogP contribution >= 0.6 is 27.5 Å². The van der Waals surface area contributed by atoms with Crippen LogP contribution in [0.3, 0.4) is 0 Å². The lowest BCUT2D eigenvalue weighted by atomic mass is 9.98. The van der Waals surface area contributed by atoms with Gasteiger partial charge < -0.3 is 5.32 Å². The number of rotatable bonds is 4. The number of aryl methyl sites for hydroxylation is 1. The van der Waals surface area contributed by atoms with Crippen LogP contribution in [0.15, 0.2) is 40.9 Å². The Hall–Kier alpha value is -0.900. The molecule has 0 spiro atoms. The Morgan fingerprint density at radius 1 is 1.25 bits per heavy atom. The van der Waals surface area contributed by atoms with E-state index in [9.17, 15) is 4.39 Å². The quantitative estimate of drug-likeness (QED) is 0.808. The van der Waals surface area contributed by atoms with Gasteiger partial charge in [-0.2, -0.15) is 0 Å². The van der Waals surface area contributed by atoms with Crippen molar-refractivity contribution >= 4 is 27.5 Å². The van der Waals surface area contributed by atoms with Crippen molar-refractivity contribution in [3.63, 3.8) is 0 Å². The Kier molecular flexibility index (Phi) is 5.19. The zero-order valence-electron chi connectivity index (χ0n) is 11.4. The van der Waals surface area contributed by atoms with Crippen LogP contribution in [-0.4, -0.2) is 7.05 Å². The molecule has 0 aliphatic carbocycles. The van der Waals surface area contributed by atoms with Gasteiger partial charge in [-0.1, -0.05) is 45.7 Å². The van der Waals surface area contributed by atoms with E-state index in [1.54, 1.807) is 6.07 Å². The summed E-state index contributed by atoms with van der Waals surface area (Å²) in [4.78, 5) is 0. The minimum absolute atomic E-state index is 0.132. The van der Waals surface area contributed by atoms with Crippen LogP contribution in [0.5, 0.6) is 0 Å². The van der Waals surface area contributed by atoms with Crippen molar-refractivity contribution in [1.29, 1.82) is 0 Å². The van der Waals surface area contributed by atoms with E-state index in [-0.39, 0.29) is 16.9 Å². The second-order valence-corrected chi connectivity index (χ2v) is 6.06. The molecule has 20 heavy (non-hydrogen) atoms. The number of hydrogen-bond donors (Lipinski definition) is 1. The van der Waals surface area contributed by atoms with E-state index in [4.69, 9.17) is 11.6 Å².